The highest BCUT2D eigenvalue weighted by molar-refractivity contribution is 5.60. The second kappa shape index (κ2) is 5.75. The molecule has 1 rings (SSSR count). The van der Waals surface area contributed by atoms with E-state index in [1.807, 2.05) is 19.5 Å². The van der Waals surface area contributed by atoms with Crippen LogP contribution in [0.5, 0.6) is 0 Å². The summed E-state index contributed by atoms with van der Waals surface area (Å²) in [5, 5.41) is 2.90. The van der Waals surface area contributed by atoms with Gasteiger partial charge in [-0.1, -0.05) is 6.92 Å². The van der Waals surface area contributed by atoms with Crippen molar-refractivity contribution in [3.8, 4) is 0 Å². The first kappa shape index (κ1) is 10.3. The zero-order valence-corrected chi connectivity index (χ0v) is 8.53. The second-order valence-electron chi connectivity index (χ2n) is 3.59. The molecule has 1 atom stereocenters. The summed E-state index contributed by atoms with van der Waals surface area (Å²) in [6.45, 7) is 5.74. The zero-order valence-electron chi connectivity index (χ0n) is 8.53. The third-order valence-electron chi connectivity index (χ3n) is 2.28. The minimum Gasteiger partial charge on any atom is -0.393 e. The van der Waals surface area contributed by atoms with Crippen LogP contribution in [-0.2, 0) is 0 Å². The maximum Gasteiger partial charge on any atom is 0.0421 e. The molecule has 0 amide bonds. The molecule has 1 heterocycles. The van der Waals surface area contributed by atoms with Crippen LogP contribution in [0.3, 0.4) is 0 Å². The third kappa shape index (κ3) is 4.08. The first-order valence-corrected chi connectivity index (χ1v) is 4.89. The largest absolute Gasteiger partial charge is 0.393 e. The fraction of sp³-hybridized carbons (Fsp3) is 0.700. The van der Waals surface area contributed by atoms with Crippen molar-refractivity contribution in [1.29, 1.82) is 0 Å². The second-order valence-corrected chi connectivity index (χ2v) is 3.59. The van der Waals surface area contributed by atoms with Gasteiger partial charge in [0.1, 0.15) is 0 Å². The van der Waals surface area contributed by atoms with Crippen LogP contribution in [0.25, 0.3) is 0 Å². The van der Waals surface area contributed by atoms with E-state index in [0.29, 0.717) is 0 Å². The smallest absolute Gasteiger partial charge is 0.0421 e. The minimum absolute atomic E-state index is 0.862. The number of nitrogens with one attached hydrogen (secondary N) is 1. The summed E-state index contributed by atoms with van der Waals surface area (Å²) in [7, 11) is 1.87. The molecular formula is C10H19N3. The highest BCUT2D eigenvalue weighted by Gasteiger charge is 2.16. The molecule has 0 spiro atoms. The first-order valence-electron chi connectivity index (χ1n) is 4.89. The van der Waals surface area contributed by atoms with Gasteiger partial charge in [0.25, 0.3) is 0 Å². The van der Waals surface area contributed by atoms with Crippen molar-refractivity contribution in [3.63, 3.8) is 0 Å². The summed E-state index contributed by atoms with van der Waals surface area (Å²) in [6, 6.07) is 0. The van der Waals surface area contributed by atoms with E-state index in [1.54, 1.807) is 6.20 Å². The number of aliphatic imine (C=N–C) groups is 1. The molecule has 0 aromatic carbocycles. The predicted octanol–water partition coefficient (Wildman–Crippen LogP) is 1.09. The number of hydrogen-bond acceptors (Lipinski definition) is 3. The summed E-state index contributed by atoms with van der Waals surface area (Å²) < 4.78 is 0. The molecule has 0 radical (unpaired) electrons. The van der Waals surface area contributed by atoms with Crippen molar-refractivity contribution in [3.05, 3.63) is 12.4 Å². The van der Waals surface area contributed by atoms with Crippen molar-refractivity contribution in [2.75, 3.05) is 26.7 Å². The van der Waals surface area contributed by atoms with Gasteiger partial charge in [0.2, 0.25) is 0 Å². The van der Waals surface area contributed by atoms with Crippen LogP contribution in [0, 0.1) is 5.92 Å². The lowest BCUT2D eigenvalue weighted by atomic mass is 10.2. The highest BCUT2D eigenvalue weighted by Crippen LogP contribution is 2.13. The lowest BCUT2D eigenvalue weighted by Crippen LogP contribution is -2.22. The van der Waals surface area contributed by atoms with E-state index >= 15 is 0 Å². The average molecular weight is 181 g/mol. The Morgan fingerprint density at radius 1 is 1.62 bits per heavy atom. The van der Waals surface area contributed by atoms with Gasteiger partial charge >= 0.3 is 0 Å². The number of hydrogen-bond donors (Lipinski definition) is 1. The molecule has 0 saturated carbocycles. The molecule has 0 aromatic heterocycles. The Labute approximate surface area is 80.5 Å². The summed E-state index contributed by atoms with van der Waals surface area (Å²) in [6.07, 6.45) is 6.90. The highest BCUT2D eigenvalue weighted by atomic mass is 15.1. The summed E-state index contributed by atoms with van der Waals surface area (Å²) >= 11 is 0. The molecule has 0 aliphatic carbocycles. The van der Waals surface area contributed by atoms with E-state index in [-0.39, 0.29) is 0 Å². The third-order valence-corrected chi connectivity index (χ3v) is 2.28. The normalized spacial score (nSPS) is 24.9. The summed E-state index contributed by atoms with van der Waals surface area (Å²) in [5.41, 5.74) is 0. The van der Waals surface area contributed by atoms with E-state index in [1.165, 1.54) is 19.5 Å². The van der Waals surface area contributed by atoms with Crippen molar-refractivity contribution in [2.24, 2.45) is 10.9 Å². The number of rotatable bonds is 4. The Kier molecular flexibility index (Phi) is 4.54. The maximum absolute atomic E-state index is 4.14. The predicted molar refractivity (Wildman–Crippen MR) is 56.9 cm³/mol. The van der Waals surface area contributed by atoms with E-state index in [0.717, 1.165) is 12.5 Å². The van der Waals surface area contributed by atoms with Gasteiger partial charge in [0.15, 0.2) is 0 Å². The quantitative estimate of drug-likeness (QED) is 0.657. The van der Waals surface area contributed by atoms with Gasteiger partial charge in [-0.3, -0.25) is 9.89 Å². The fourth-order valence-electron chi connectivity index (χ4n) is 1.53. The van der Waals surface area contributed by atoms with Gasteiger partial charge in [0.05, 0.1) is 0 Å². The van der Waals surface area contributed by atoms with Gasteiger partial charge in [-0.2, -0.15) is 0 Å². The molecule has 1 saturated heterocycles. The van der Waals surface area contributed by atoms with Crippen LogP contribution in [0.2, 0.25) is 0 Å². The van der Waals surface area contributed by atoms with Gasteiger partial charge < -0.3 is 5.32 Å². The SMILES string of the molecule is CN/C=C\N=CCN1CCC(C)C1. The Hall–Kier alpha value is -0.830. The van der Waals surface area contributed by atoms with Gasteiger partial charge in [-0.25, -0.2) is 0 Å². The summed E-state index contributed by atoms with van der Waals surface area (Å²) in [5.74, 6) is 0.862. The molecule has 1 N–H and O–H groups in total. The number of nitrogens with zero attached hydrogens (tertiary/aromatic N) is 2. The molecule has 1 aliphatic rings. The molecular weight excluding hydrogens is 162 g/mol. The summed E-state index contributed by atoms with van der Waals surface area (Å²) in [4.78, 5) is 6.57. The lowest BCUT2D eigenvalue weighted by Gasteiger charge is -2.10. The topological polar surface area (TPSA) is 27.6 Å². The molecule has 0 bridgehead atoms. The van der Waals surface area contributed by atoms with E-state index < -0.39 is 0 Å². The Morgan fingerprint density at radius 3 is 3.08 bits per heavy atom. The van der Waals surface area contributed by atoms with Crippen molar-refractivity contribution < 1.29 is 0 Å². The average Bonchev–Trinajstić information content (AvgIpc) is 2.51. The van der Waals surface area contributed by atoms with Gasteiger partial charge in [-0.05, 0) is 18.9 Å². The molecule has 13 heavy (non-hydrogen) atoms. The van der Waals surface area contributed by atoms with E-state index in [2.05, 4.69) is 22.1 Å². The van der Waals surface area contributed by atoms with E-state index in [9.17, 15) is 0 Å². The van der Waals surface area contributed by atoms with Crippen LogP contribution in [-0.4, -0.2) is 37.8 Å². The Morgan fingerprint density at radius 2 is 2.46 bits per heavy atom. The van der Waals surface area contributed by atoms with Crippen molar-refractivity contribution in [1.82, 2.24) is 10.2 Å². The van der Waals surface area contributed by atoms with Gasteiger partial charge in [-0.15, -0.1) is 0 Å². The van der Waals surface area contributed by atoms with E-state index in [4.69, 9.17) is 0 Å². The maximum atomic E-state index is 4.14. The molecule has 0 aromatic rings. The lowest BCUT2D eigenvalue weighted by molar-refractivity contribution is 0.377. The molecule has 3 nitrogen and oxygen atoms in total. The van der Waals surface area contributed by atoms with Crippen LogP contribution >= 0.6 is 0 Å². The molecule has 1 aliphatic heterocycles. The van der Waals surface area contributed by atoms with Crippen LogP contribution in [0.15, 0.2) is 17.4 Å². The molecule has 74 valence electrons. The standard InChI is InChI=1S/C10H19N3/c1-10-3-7-13(9-10)8-6-12-5-4-11-2/h4-6,10-11H,3,7-9H2,1-2H3/b5-4-,12-6?. The molecule has 1 unspecified atom stereocenters. The van der Waals surface area contributed by atoms with Crippen molar-refractivity contribution >= 4 is 6.21 Å². The first-order chi connectivity index (χ1) is 6.33. The van der Waals surface area contributed by atoms with Crippen LogP contribution in [0.1, 0.15) is 13.3 Å². The van der Waals surface area contributed by atoms with Crippen LogP contribution in [0.4, 0.5) is 0 Å². The Balaban J connectivity index is 2.12. The van der Waals surface area contributed by atoms with Crippen LogP contribution < -0.4 is 5.32 Å². The van der Waals surface area contributed by atoms with Crippen molar-refractivity contribution in [2.45, 2.75) is 13.3 Å². The number of likely N-dealkylation sites (tertiary alicyclic amines) is 1. The zero-order chi connectivity index (χ0) is 9.52. The fourth-order valence-corrected chi connectivity index (χ4v) is 1.53. The molecule has 1 fully saturated rings. The van der Waals surface area contributed by atoms with Gasteiger partial charge in [0, 0.05) is 38.8 Å². The monoisotopic (exact) mass is 181 g/mol. The molecule has 3 heteroatoms. The minimum atomic E-state index is 0.862. The Bertz CT molecular complexity index is 187.